The Bertz CT molecular complexity index is 457. The molecule has 150 valence electrons. The van der Waals surface area contributed by atoms with Crippen molar-refractivity contribution >= 4 is 0 Å². The number of methoxy groups -OCH3 is 2. The number of unbranched alkanes of at least 4 members (excludes halogenated alkanes) is 5. The number of hydrogen-bond acceptors (Lipinski definition) is 3. The van der Waals surface area contributed by atoms with Gasteiger partial charge in [-0.3, -0.25) is 0 Å². The van der Waals surface area contributed by atoms with Gasteiger partial charge >= 0.3 is 0 Å². The van der Waals surface area contributed by atoms with Crippen molar-refractivity contribution in [3.05, 3.63) is 35.6 Å². The second kappa shape index (κ2) is 13.2. The molecule has 0 aliphatic carbocycles. The molecule has 0 bridgehead atoms. The quantitative estimate of drug-likeness (QED) is 0.276. The maximum Gasteiger partial charge on any atom is 0.285 e. The average Bonchev–Trinajstić information content (AvgIpc) is 2.66. The Hall–Kier alpha value is -0.970. The number of benzene rings is 1. The molecule has 26 heavy (non-hydrogen) atoms. The lowest BCUT2D eigenvalue weighted by atomic mass is 9.91. The molecule has 1 atom stereocenters. The van der Waals surface area contributed by atoms with Gasteiger partial charge in [-0.15, -0.1) is 0 Å². The molecular formula is C22H37FO3. The molecular weight excluding hydrogens is 331 g/mol. The van der Waals surface area contributed by atoms with Crippen molar-refractivity contribution in [1.29, 1.82) is 0 Å². The van der Waals surface area contributed by atoms with Crippen LogP contribution in [0.5, 0.6) is 0 Å². The van der Waals surface area contributed by atoms with Crippen LogP contribution < -0.4 is 0 Å². The van der Waals surface area contributed by atoms with Gasteiger partial charge in [0.2, 0.25) is 0 Å². The van der Waals surface area contributed by atoms with Gasteiger partial charge in [-0.05, 0) is 43.9 Å². The highest BCUT2D eigenvalue weighted by Gasteiger charge is 2.40. The van der Waals surface area contributed by atoms with Crippen molar-refractivity contribution < 1.29 is 18.6 Å². The van der Waals surface area contributed by atoms with E-state index in [9.17, 15) is 4.39 Å². The fourth-order valence-electron chi connectivity index (χ4n) is 3.51. The van der Waals surface area contributed by atoms with E-state index in [2.05, 4.69) is 6.92 Å². The highest BCUT2D eigenvalue weighted by molar-refractivity contribution is 5.16. The van der Waals surface area contributed by atoms with E-state index in [0.717, 1.165) is 31.2 Å². The van der Waals surface area contributed by atoms with Gasteiger partial charge in [-0.1, -0.05) is 57.6 Å². The number of rotatable bonds is 15. The van der Waals surface area contributed by atoms with E-state index in [-0.39, 0.29) is 11.7 Å². The third-order valence-electron chi connectivity index (χ3n) is 5.02. The first-order valence-corrected chi connectivity index (χ1v) is 10.1. The fourth-order valence-corrected chi connectivity index (χ4v) is 3.51. The summed E-state index contributed by atoms with van der Waals surface area (Å²) in [4.78, 5) is 0. The predicted molar refractivity (Wildman–Crippen MR) is 105 cm³/mol. The van der Waals surface area contributed by atoms with Crippen LogP contribution in [0.1, 0.15) is 70.8 Å². The smallest absolute Gasteiger partial charge is 0.285 e. The van der Waals surface area contributed by atoms with Crippen molar-refractivity contribution in [2.75, 3.05) is 20.8 Å². The summed E-state index contributed by atoms with van der Waals surface area (Å²) in [5.74, 6) is -1.07. The lowest BCUT2D eigenvalue weighted by molar-refractivity contribution is -0.388. The van der Waals surface area contributed by atoms with Crippen LogP contribution in [-0.4, -0.2) is 26.8 Å². The van der Waals surface area contributed by atoms with Crippen molar-refractivity contribution in [1.82, 2.24) is 0 Å². The average molecular weight is 369 g/mol. The molecule has 1 aromatic carbocycles. The molecule has 4 heteroatoms. The third-order valence-corrected chi connectivity index (χ3v) is 5.02. The summed E-state index contributed by atoms with van der Waals surface area (Å²) in [6, 6.07) is 6.72. The molecule has 0 radical (unpaired) electrons. The van der Waals surface area contributed by atoms with Crippen LogP contribution in [0.3, 0.4) is 0 Å². The zero-order valence-electron chi connectivity index (χ0n) is 17.1. The van der Waals surface area contributed by atoms with Crippen LogP contribution in [0, 0.1) is 11.7 Å². The molecule has 0 fully saturated rings. The molecule has 1 aromatic rings. The van der Waals surface area contributed by atoms with Crippen molar-refractivity contribution in [3.63, 3.8) is 0 Å². The summed E-state index contributed by atoms with van der Waals surface area (Å²) in [6.07, 6.45) is 10.2. The van der Waals surface area contributed by atoms with Gasteiger partial charge in [0.15, 0.2) is 0 Å². The van der Waals surface area contributed by atoms with E-state index >= 15 is 0 Å². The molecule has 1 unspecified atom stereocenters. The molecule has 0 saturated heterocycles. The van der Waals surface area contributed by atoms with E-state index in [0.29, 0.717) is 6.61 Å². The number of ether oxygens (including phenoxy) is 3. The molecule has 0 amide bonds. The first kappa shape index (κ1) is 23.1. The minimum atomic E-state index is -1.00. The number of aryl methyl sites for hydroxylation is 1. The van der Waals surface area contributed by atoms with Crippen LogP contribution in [0.2, 0.25) is 0 Å². The summed E-state index contributed by atoms with van der Waals surface area (Å²) in [6.45, 7) is 4.72. The van der Waals surface area contributed by atoms with Gasteiger partial charge in [-0.2, -0.15) is 0 Å². The predicted octanol–water partition coefficient (Wildman–Crippen LogP) is 6.11. The highest BCUT2D eigenvalue weighted by Crippen LogP contribution is 2.33. The molecule has 1 rings (SSSR count). The van der Waals surface area contributed by atoms with Gasteiger partial charge < -0.3 is 14.2 Å². The molecule has 0 spiro atoms. The molecule has 0 heterocycles. The Balaban J connectivity index is 2.68. The third kappa shape index (κ3) is 7.73. The maximum atomic E-state index is 13.1. The van der Waals surface area contributed by atoms with Crippen molar-refractivity contribution in [3.8, 4) is 0 Å². The van der Waals surface area contributed by atoms with Crippen LogP contribution in [0.25, 0.3) is 0 Å². The topological polar surface area (TPSA) is 27.7 Å². The molecule has 0 aliphatic heterocycles. The summed E-state index contributed by atoms with van der Waals surface area (Å²) in [5.41, 5.74) is 1.12. The Labute approximate surface area is 159 Å². The van der Waals surface area contributed by atoms with Gasteiger partial charge in [0.1, 0.15) is 5.82 Å². The molecule has 0 N–H and O–H groups in total. The normalized spacial score (nSPS) is 13.1. The summed E-state index contributed by atoms with van der Waals surface area (Å²) in [7, 11) is 3.29. The Kier molecular flexibility index (Phi) is 11.7. The largest absolute Gasteiger partial charge is 0.331 e. The van der Waals surface area contributed by atoms with Crippen LogP contribution in [0.15, 0.2) is 24.3 Å². The minimum Gasteiger partial charge on any atom is -0.331 e. The Morgan fingerprint density at radius 2 is 1.50 bits per heavy atom. The summed E-state index contributed by atoms with van der Waals surface area (Å²) < 4.78 is 30.4. The maximum absolute atomic E-state index is 13.1. The van der Waals surface area contributed by atoms with Crippen molar-refractivity contribution in [2.45, 2.75) is 77.6 Å². The highest BCUT2D eigenvalue weighted by atomic mass is 19.1. The zero-order valence-corrected chi connectivity index (χ0v) is 17.1. The first-order valence-electron chi connectivity index (χ1n) is 10.1. The molecule has 0 saturated carbocycles. The molecule has 3 nitrogen and oxygen atoms in total. The standard InChI is InChI=1S/C22H37FO3/c1-5-7-8-9-10-11-12-20(22(24-3,25-4)26-6-2)16-13-19-14-17-21(23)18-15-19/h14-15,17-18,20H,5-13,16H2,1-4H3. The van der Waals surface area contributed by atoms with Gasteiger partial charge in [0, 0.05) is 26.7 Å². The Morgan fingerprint density at radius 3 is 2.08 bits per heavy atom. The van der Waals surface area contributed by atoms with Gasteiger partial charge in [-0.25, -0.2) is 4.39 Å². The summed E-state index contributed by atoms with van der Waals surface area (Å²) in [5, 5.41) is 0. The Morgan fingerprint density at radius 1 is 0.885 bits per heavy atom. The van der Waals surface area contributed by atoms with E-state index in [1.165, 1.54) is 44.2 Å². The number of halogens is 1. The summed E-state index contributed by atoms with van der Waals surface area (Å²) >= 11 is 0. The first-order chi connectivity index (χ1) is 12.6. The van der Waals surface area contributed by atoms with E-state index in [1.54, 1.807) is 14.2 Å². The van der Waals surface area contributed by atoms with E-state index in [4.69, 9.17) is 14.2 Å². The SMILES string of the molecule is CCCCCCCCC(CCc1ccc(F)cc1)C(OC)(OC)OCC. The van der Waals surface area contributed by atoms with Gasteiger partial charge in [0.25, 0.3) is 5.97 Å². The monoisotopic (exact) mass is 368 g/mol. The van der Waals surface area contributed by atoms with E-state index in [1.807, 2.05) is 19.1 Å². The lowest BCUT2D eigenvalue weighted by Gasteiger charge is -2.37. The van der Waals surface area contributed by atoms with E-state index < -0.39 is 5.97 Å². The lowest BCUT2D eigenvalue weighted by Crippen LogP contribution is -2.45. The second-order valence-corrected chi connectivity index (χ2v) is 6.86. The molecule has 0 aliphatic rings. The van der Waals surface area contributed by atoms with Crippen LogP contribution in [0.4, 0.5) is 4.39 Å². The fraction of sp³-hybridized carbons (Fsp3) is 0.727. The van der Waals surface area contributed by atoms with Crippen LogP contribution in [-0.2, 0) is 20.6 Å². The minimum absolute atomic E-state index is 0.133. The van der Waals surface area contributed by atoms with Crippen molar-refractivity contribution in [2.24, 2.45) is 5.92 Å². The number of hydrogen-bond donors (Lipinski definition) is 0. The zero-order chi connectivity index (χ0) is 19.3. The molecule has 0 aromatic heterocycles. The second-order valence-electron chi connectivity index (χ2n) is 6.86. The van der Waals surface area contributed by atoms with Crippen LogP contribution >= 0.6 is 0 Å². The van der Waals surface area contributed by atoms with Gasteiger partial charge in [0.05, 0.1) is 0 Å².